The highest BCUT2D eigenvalue weighted by molar-refractivity contribution is 9.12. The third-order valence-electron chi connectivity index (χ3n) is 3.44. The lowest BCUT2D eigenvalue weighted by Crippen LogP contribution is -2.04. The maximum atomic E-state index is 6.14. The van der Waals surface area contributed by atoms with Crippen LogP contribution in [-0.4, -0.2) is 0 Å². The van der Waals surface area contributed by atoms with Crippen molar-refractivity contribution in [2.75, 3.05) is 0 Å². The average Bonchev–Trinajstić information content (AvgIpc) is 2.48. The van der Waals surface area contributed by atoms with Crippen molar-refractivity contribution >= 4 is 39.3 Å². The first-order valence-corrected chi connectivity index (χ1v) is 9.80. The molecular weight excluding hydrogens is 376 g/mol. The van der Waals surface area contributed by atoms with E-state index in [2.05, 4.69) is 60.6 Å². The minimum Gasteiger partial charge on any atom is -0.120 e. The molecule has 0 fully saturated rings. The Morgan fingerprint density at radius 1 is 1.41 bits per heavy atom. The molecule has 1 aromatic rings. The summed E-state index contributed by atoms with van der Waals surface area (Å²) in [6.07, 6.45) is 5.32. The van der Waals surface area contributed by atoms with Crippen molar-refractivity contribution in [3.63, 3.8) is 0 Å². The van der Waals surface area contributed by atoms with Crippen molar-refractivity contribution in [3.05, 3.63) is 68.0 Å². The smallest absolute Gasteiger partial charge is 0.0409 e. The second-order valence-electron chi connectivity index (χ2n) is 5.00. The number of thioether (sulfide) groups is 1. The predicted molar refractivity (Wildman–Crippen MR) is 107 cm³/mol. The Labute approximate surface area is 152 Å². The number of hydrogen-bond donors (Lipinski definition) is 0. The summed E-state index contributed by atoms with van der Waals surface area (Å²) in [5.74, 6) is 1.41. The largest absolute Gasteiger partial charge is 0.120 e. The molecule has 22 heavy (non-hydrogen) atoms. The SMILES string of the molecule is C=C(Br)/C1=C(\C=C/C)CC(C)c2ccc(Cl)cc2CS1.CC. The lowest BCUT2D eigenvalue weighted by molar-refractivity contribution is 0.752. The molecule has 0 aliphatic carbocycles. The minimum atomic E-state index is 0.483. The van der Waals surface area contributed by atoms with E-state index in [1.54, 1.807) is 0 Å². The van der Waals surface area contributed by atoms with Crippen LogP contribution in [-0.2, 0) is 5.75 Å². The minimum absolute atomic E-state index is 0.483. The molecule has 1 atom stereocenters. The molecule has 0 radical (unpaired) electrons. The van der Waals surface area contributed by atoms with Crippen LogP contribution >= 0.6 is 39.3 Å². The summed E-state index contributed by atoms with van der Waals surface area (Å²) in [6, 6.07) is 6.26. The second-order valence-corrected chi connectivity index (χ2v) is 7.38. The van der Waals surface area contributed by atoms with Gasteiger partial charge in [0.25, 0.3) is 0 Å². The fraction of sp³-hybridized carbons (Fsp3) is 0.368. The van der Waals surface area contributed by atoms with Crippen LogP contribution in [0, 0.1) is 0 Å². The Morgan fingerprint density at radius 3 is 2.68 bits per heavy atom. The molecule has 1 aliphatic rings. The van der Waals surface area contributed by atoms with E-state index in [4.69, 9.17) is 11.6 Å². The van der Waals surface area contributed by atoms with Gasteiger partial charge in [-0.05, 0) is 48.1 Å². The molecule has 2 rings (SSSR count). The molecule has 1 heterocycles. The molecule has 120 valence electrons. The van der Waals surface area contributed by atoms with Crippen molar-refractivity contribution in [2.24, 2.45) is 0 Å². The van der Waals surface area contributed by atoms with Gasteiger partial charge in [-0.3, -0.25) is 0 Å². The Kier molecular flexibility index (Phi) is 8.59. The van der Waals surface area contributed by atoms with Crippen molar-refractivity contribution in [1.29, 1.82) is 0 Å². The fourth-order valence-corrected chi connectivity index (χ4v) is 4.39. The van der Waals surface area contributed by atoms with Crippen molar-refractivity contribution < 1.29 is 0 Å². The van der Waals surface area contributed by atoms with E-state index in [0.717, 1.165) is 21.7 Å². The van der Waals surface area contributed by atoms with Crippen LogP contribution in [0.2, 0.25) is 5.02 Å². The quantitative estimate of drug-likeness (QED) is 0.488. The van der Waals surface area contributed by atoms with Gasteiger partial charge in [-0.15, -0.1) is 11.8 Å². The van der Waals surface area contributed by atoms with Gasteiger partial charge < -0.3 is 0 Å². The van der Waals surface area contributed by atoms with Gasteiger partial charge in [0, 0.05) is 20.2 Å². The summed E-state index contributed by atoms with van der Waals surface area (Å²) in [4.78, 5) is 1.25. The molecule has 0 saturated carbocycles. The highest BCUT2D eigenvalue weighted by Gasteiger charge is 2.19. The Morgan fingerprint density at radius 2 is 2.09 bits per heavy atom. The predicted octanol–water partition coefficient (Wildman–Crippen LogP) is 7.85. The number of allylic oxidation sites excluding steroid dienone is 4. The lowest BCUT2D eigenvalue weighted by Gasteiger charge is -2.23. The van der Waals surface area contributed by atoms with Gasteiger partial charge in [0.1, 0.15) is 0 Å². The standard InChI is InChI=1S/C17H18BrClS.C2H6/c1-4-5-13-8-11(2)16-7-6-15(19)9-14(16)10-20-17(13)12(3)18;1-2/h4-7,9,11H,3,8,10H2,1-2H3;1-2H3/b5-4-,17-13-;. The summed E-state index contributed by atoms with van der Waals surface area (Å²) in [6.45, 7) is 12.4. The highest BCUT2D eigenvalue weighted by Crippen LogP contribution is 2.41. The maximum absolute atomic E-state index is 6.14. The second kappa shape index (κ2) is 9.64. The summed E-state index contributed by atoms with van der Waals surface area (Å²) >= 11 is 11.5. The fourth-order valence-electron chi connectivity index (χ4n) is 2.55. The Bertz CT molecular complexity index is 587. The molecule has 0 saturated heterocycles. The Hall–Kier alpha value is -0.440. The summed E-state index contributed by atoms with van der Waals surface area (Å²) in [5, 5.41) is 0.814. The normalized spacial score (nSPS) is 21.5. The number of benzene rings is 1. The average molecular weight is 400 g/mol. The maximum Gasteiger partial charge on any atom is 0.0409 e. The zero-order valence-corrected chi connectivity index (χ0v) is 16.9. The first-order chi connectivity index (χ1) is 10.5. The Balaban J connectivity index is 0.00000116. The molecule has 0 nitrogen and oxygen atoms in total. The van der Waals surface area contributed by atoms with Gasteiger partial charge in [0.15, 0.2) is 0 Å². The molecule has 0 N–H and O–H groups in total. The van der Waals surface area contributed by atoms with Crippen LogP contribution in [0.5, 0.6) is 0 Å². The zero-order valence-electron chi connectivity index (χ0n) is 13.7. The molecule has 0 bridgehead atoms. The molecule has 1 unspecified atom stereocenters. The molecule has 1 aromatic carbocycles. The highest BCUT2D eigenvalue weighted by atomic mass is 79.9. The number of halogens is 2. The molecule has 0 amide bonds. The summed E-state index contributed by atoms with van der Waals surface area (Å²) in [5.41, 5.74) is 4.09. The van der Waals surface area contributed by atoms with Gasteiger partial charge in [-0.25, -0.2) is 0 Å². The van der Waals surface area contributed by atoms with Gasteiger partial charge in [0.05, 0.1) is 0 Å². The van der Waals surface area contributed by atoms with Gasteiger partial charge in [0.2, 0.25) is 0 Å². The topological polar surface area (TPSA) is 0 Å². The van der Waals surface area contributed by atoms with Crippen LogP contribution in [0.3, 0.4) is 0 Å². The molecular formula is C19H24BrClS. The van der Waals surface area contributed by atoms with Crippen LogP contribution in [0.1, 0.15) is 51.2 Å². The first-order valence-electron chi connectivity index (χ1n) is 7.64. The van der Waals surface area contributed by atoms with E-state index in [0.29, 0.717) is 5.92 Å². The van der Waals surface area contributed by atoms with Crippen LogP contribution in [0.25, 0.3) is 0 Å². The van der Waals surface area contributed by atoms with Gasteiger partial charge in [-0.2, -0.15) is 0 Å². The number of fused-ring (bicyclic) bond motifs is 1. The molecule has 0 spiro atoms. The van der Waals surface area contributed by atoms with E-state index in [9.17, 15) is 0 Å². The monoisotopic (exact) mass is 398 g/mol. The molecule has 3 heteroatoms. The van der Waals surface area contributed by atoms with E-state index in [1.807, 2.05) is 31.7 Å². The third kappa shape index (κ3) is 5.04. The number of hydrogen-bond acceptors (Lipinski definition) is 1. The lowest BCUT2D eigenvalue weighted by atomic mass is 9.90. The van der Waals surface area contributed by atoms with Crippen molar-refractivity contribution in [1.82, 2.24) is 0 Å². The van der Waals surface area contributed by atoms with E-state index in [-0.39, 0.29) is 0 Å². The third-order valence-corrected chi connectivity index (χ3v) is 5.59. The van der Waals surface area contributed by atoms with E-state index in [1.165, 1.54) is 21.6 Å². The zero-order chi connectivity index (χ0) is 16.7. The van der Waals surface area contributed by atoms with Crippen LogP contribution in [0.4, 0.5) is 0 Å². The van der Waals surface area contributed by atoms with Crippen LogP contribution < -0.4 is 0 Å². The van der Waals surface area contributed by atoms with Gasteiger partial charge in [-0.1, -0.05) is 73.1 Å². The van der Waals surface area contributed by atoms with Crippen LogP contribution in [0.15, 0.2) is 51.9 Å². The van der Waals surface area contributed by atoms with E-state index >= 15 is 0 Å². The van der Waals surface area contributed by atoms with E-state index < -0.39 is 0 Å². The summed E-state index contributed by atoms with van der Waals surface area (Å²) < 4.78 is 0.966. The molecule has 0 aromatic heterocycles. The van der Waals surface area contributed by atoms with Gasteiger partial charge >= 0.3 is 0 Å². The molecule has 1 aliphatic heterocycles. The van der Waals surface area contributed by atoms with Crippen molar-refractivity contribution in [2.45, 2.75) is 45.8 Å². The number of rotatable bonds is 2. The van der Waals surface area contributed by atoms with Crippen molar-refractivity contribution in [3.8, 4) is 0 Å². The first kappa shape index (κ1) is 19.6. The summed E-state index contributed by atoms with van der Waals surface area (Å²) in [7, 11) is 0.